The summed E-state index contributed by atoms with van der Waals surface area (Å²) in [4.78, 5) is 12.4. The zero-order chi connectivity index (χ0) is 21.5. The molecule has 3 aromatic rings. The van der Waals surface area contributed by atoms with Crippen LogP contribution in [0.15, 0.2) is 81.2 Å². The van der Waals surface area contributed by atoms with Crippen LogP contribution in [0.2, 0.25) is 0 Å². The molecule has 0 radical (unpaired) electrons. The zero-order valence-corrected chi connectivity index (χ0v) is 18.7. The summed E-state index contributed by atoms with van der Waals surface area (Å²) >= 11 is 6.96. The Morgan fingerprint density at radius 1 is 1.07 bits per heavy atom. The van der Waals surface area contributed by atoms with Gasteiger partial charge >= 0.3 is 0 Å². The van der Waals surface area contributed by atoms with Gasteiger partial charge in [-0.3, -0.25) is 4.79 Å². The van der Waals surface area contributed by atoms with Gasteiger partial charge in [0.2, 0.25) is 0 Å². The van der Waals surface area contributed by atoms with Crippen molar-refractivity contribution in [1.29, 1.82) is 5.26 Å². The van der Waals surface area contributed by atoms with Gasteiger partial charge in [-0.15, -0.1) is 0 Å². The lowest BCUT2D eigenvalue weighted by molar-refractivity contribution is -0.112. The highest BCUT2D eigenvalue weighted by molar-refractivity contribution is 9.11. The number of ether oxygens (including phenoxy) is 1. The van der Waals surface area contributed by atoms with Crippen LogP contribution in [0.4, 0.5) is 10.1 Å². The van der Waals surface area contributed by atoms with E-state index < -0.39 is 11.7 Å². The fourth-order valence-electron chi connectivity index (χ4n) is 2.58. The third-order valence-corrected chi connectivity index (χ3v) is 5.20. The molecule has 1 N–H and O–H groups in total. The van der Waals surface area contributed by atoms with Crippen molar-refractivity contribution in [3.63, 3.8) is 0 Å². The highest BCUT2D eigenvalue weighted by Crippen LogP contribution is 2.36. The Morgan fingerprint density at radius 3 is 2.30 bits per heavy atom. The van der Waals surface area contributed by atoms with Crippen molar-refractivity contribution in [1.82, 2.24) is 0 Å². The Labute approximate surface area is 190 Å². The molecule has 4 nitrogen and oxygen atoms in total. The molecule has 0 aromatic heterocycles. The molecule has 30 heavy (non-hydrogen) atoms. The summed E-state index contributed by atoms with van der Waals surface area (Å²) in [6.45, 7) is 0.400. The Morgan fingerprint density at radius 2 is 1.70 bits per heavy atom. The fraction of sp³-hybridized carbons (Fsp3) is 0.0435. The maximum atomic E-state index is 13.0. The monoisotopic (exact) mass is 528 g/mol. The smallest absolute Gasteiger partial charge is 0.266 e. The number of benzene rings is 3. The van der Waals surface area contributed by atoms with Crippen molar-refractivity contribution in [3.8, 4) is 11.8 Å². The van der Waals surface area contributed by atoms with E-state index in [2.05, 4.69) is 37.2 Å². The standard InChI is InChI=1S/C23H15Br2FN2O2/c24-20-11-16(12-21(25)22(20)30-14-15-4-2-1-3-5-15)10-17(13-27)23(29)28-19-8-6-18(26)7-9-19/h1-12H,14H2,(H,28,29)/b17-10-. The van der Waals surface area contributed by atoms with E-state index in [0.717, 1.165) is 5.56 Å². The van der Waals surface area contributed by atoms with Crippen molar-refractivity contribution in [2.75, 3.05) is 5.32 Å². The molecule has 0 aliphatic heterocycles. The van der Waals surface area contributed by atoms with Crippen molar-refractivity contribution in [2.45, 2.75) is 6.61 Å². The van der Waals surface area contributed by atoms with Gasteiger partial charge in [-0.1, -0.05) is 30.3 Å². The van der Waals surface area contributed by atoms with E-state index in [4.69, 9.17) is 4.74 Å². The first-order chi connectivity index (χ1) is 14.5. The number of nitriles is 1. The molecular formula is C23H15Br2FN2O2. The molecule has 0 aliphatic rings. The first kappa shape index (κ1) is 21.8. The van der Waals surface area contributed by atoms with Crippen LogP contribution in [0.5, 0.6) is 5.75 Å². The van der Waals surface area contributed by atoms with Crippen molar-refractivity contribution >= 4 is 49.5 Å². The summed E-state index contributed by atoms with van der Waals surface area (Å²) in [5, 5.41) is 12.0. The minimum Gasteiger partial charge on any atom is -0.487 e. The van der Waals surface area contributed by atoms with Crippen LogP contribution >= 0.6 is 31.9 Å². The van der Waals surface area contributed by atoms with Crippen LogP contribution in [-0.2, 0) is 11.4 Å². The number of halogens is 3. The second kappa shape index (κ2) is 10.2. The maximum absolute atomic E-state index is 13.0. The van der Waals surface area contributed by atoms with Crippen molar-refractivity contribution < 1.29 is 13.9 Å². The van der Waals surface area contributed by atoms with Crippen LogP contribution in [0.3, 0.4) is 0 Å². The molecule has 0 heterocycles. The Balaban J connectivity index is 1.76. The van der Waals surface area contributed by atoms with Gasteiger partial charge in [0.15, 0.2) is 0 Å². The lowest BCUT2D eigenvalue weighted by atomic mass is 10.1. The van der Waals surface area contributed by atoms with Crippen LogP contribution < -0.4 is 10.1 Å². The van der Waals surface area contributed by atoms with Gasteiger partial charge in [-0.2, -0.15) is 5.26 Å². The Kier molecular flexibility index (Phi) is 7.39. The third kappa shape index (κ3) is 5.78. The molecule has 0 aliphatic carbocycles. The highest BCUT2D eigenvalue weighted by Gasteiger charge is 2.13. The summed E-state index contributed by atoms with van der Waals surface area (Å²) in [7, 11) is 0. The van der Waals surface area contributed by atoms with Crippen LogP contribution in [0, 0.1) is 17.1 Å². The third-order valence-electron chi connectivity index (χ3n) is 4.02. The topological polar surface area (TPSA) is 62.1 Å². The average Bonchev–Trinajstić information content (AvgIpc) is 2.73. The summed E-state index contributed by atoms with van der Waals surface area (Å²) in [5.74, 6) is -0.376. The molecule has 0 saturated carbocycles. The summed E-state index contributed by atoms with van der Waals surface area (Å²) in [6, 6.07) is 20.5. The summed E-state index contributed by atoms with van der Waals surface area (Å²) in [5.41, 5.74) is 1.97. The van der Waals surface area contributed by atoms with Gasteiger partial charge in [0, 0.05) is 5.69 Å². The van der Waals surface area contributed by atoms with Gasteiger partial charge in [0.25, 0.3) is 5.91 Å². The molecule has 0 unspecified atom stereocenters. The van der Waals surface area contributed by atoms with E-state index in [9.17, 15) is 14.4 Å². The number of hydrogen-bond acceptors (Lipinski definition) is 3. The molecule has 0 saturated heterocycles. The van der Waals surface area contributed by atoms with Crippen molar-refractivity contribution in [2.24, 2.45) is 0 Å². The largest absolute Gasteiger partial charge is 0.487 e. The predicted molar refractivity (Wildman–Crippen MR) is 121 cm³/mol. The molecule has 3 rings (SSSR count). The molecular weight excluding hydrogens is 515 g/mol. The quantitative estimate of drug-likeness (QED) is 0.294. The molecule has 0 atom stereocenters. The van der Waals surface area contributed by atoms with Gasteiger partial charge < -0.3 is 10.1 Å². The number of rotatable bonds is 6. The maximum Gasteiger partial charge on any atom is 0.266 e. The minimum absolute atomic E-state index is 0.0870. The zero-order valence-electron chi connectivity index (χ0n) is 15.5. The highest BCUT2D eigenvalue weighted by atomic mass is 79.9. The number of carbonyl (C=O) groups is 1. The molecule has 0 spiro atoms. The van der Waals surface area contributed by atoms with Gasteiger partial charge in [-0.05, 0) is 85.5 Å². The van der Waals surface area contributed by atoms with E-state index in [0.29, 0.717) is 32.6 Å². The average molecular weight is 530 g/mol. The second-order valence-corrected chi connectivity index (χ2v) is 7.93. The van der Waals surface area contributed by atoms with Crippen LogP contribution in [0.25, 0.3) is 6.08 Å². The van der Waals surface area contributed by atoms with Gasteiger partial charge in [-0.25, -0.2) is 4.39 Å². The normalized spacial score (nSPS) is 10.9. The minimum atomic E-state index is -0.583. The number of amides is 1. The summed E-state index contributed by atoms with van der Waals surface area (Å²) < 4.78 is 20.2. The lowest BCUT2D eigenvalue weighted by Crippen LogP contribution is -2.13. The number of anilines is 1. The van der Waals surface area contributed by atoms with E-state index in [1.807, 2.05) is 36.4 Å². The SMILES string of the molecule is N#C/C(=C/c1cc(Br)c(OCc2ccccc2)c(Br)c1)C(=O)Nc1ccc(F)cc1. The molecule has 1 amide bonds. The van der Waals surface area contributed by atoms with E-state index >= 15 is 0 Å². The van der Waals surface area contributed by atoms with E-state index in [1.54, 1.807) is 12.1 Å². The summed E-state index contributed by atoms with van der Waals surface area (Å²) in [6.07, 6.45) is 1.47. The van der Waals surface area contributed by atoms with Crippen LogP contribution in [0.1, 0.15) is 11.1 Å². The molecule has 7 heteroatoms. The molecule has 150 valence electrons. The molecule has 0 fully saturated rings. The predicted octanol–water partition coefficient (Wildman–Crippen LogP) is 6.48. The number of hydrogen-bond donors (Lipinski definition) is 1. The number of nitrogens with one attached hydrogen (secondary N) is 1. The first-order valence-corrected chi connectivity index (χ1v) is 10.4. The van der Waals surface area contributed by atoms with E-state index in [1.165, 1.54) is 30.3 Å². The second-order valence-electron chi connectivity index (χ2n) is 6.22. The van der Waals surface area contributed by atoms with Crippen molar-refractivity contribution in [3.05, 3.63) is 98.2 Å². The Hall–Kier alpha value is -2.95. The first-order valence-electron chi connectivity index (χ1n) is 8.81. The Bertz CT molecular complexity index is 1100. The number of nitrogens with zero attached hydrogens (tertiary/aromatic N) is 1. The van der Waals surface area contributed by atoms with Crippen LogP contribution in [-0.4, -0.2) is 5.91 Å². The molecule has 3 aromatic carbocycles. The number of carbonyl (C=O) groups excluding carboxylic acids is 1. The lowest BCUT2D eigenvalue weighted by Gasteiger charge is -2.12. The molecule has 0 bridgehead atoms. The van der Waals surface area contributed by atoms with Gasteiger partial charge in [0.1, 0.15) is 29.8 Å². The fourth-order valence-corrected chi connectivity index (χ4v) is 4.03. The van der Waals surface area contributed by atoms with E-state index in [-0.39, 0.29) is 5.57 Å². The van der Waals surface area contributed by atoms with Gasteiger partial charge in [0.05, 0.1) is 8.95 Å².